The molecule has 0 aliphatic carbocycles. The first kappa shape index (κ1) is 19.8. The smallest absolute Gasteiger partial charge is 0.352 e. The number of aromatic nitrogens is 1. The Morgan fingerprint density at radius 2 is 1.68 bits per heavy atom. The lowest BCUT2D eigenvalue weighted by Gasteiger charge is -2.40. The van der Waals surface area contributed by atoms with E-state index in [2.05, 4.69) is 15.6 Å². The van der Waals surface area contributed by atoms with Crippen molar-refractivity contribution in [3.63, 3.8) is 0 Å². The number of rotatable bonds is 3. The van der Waals surface area contributed by atoms with Gasteiger partial charge in [-0.2, -0.15) is 26.3 Å². The molecule has 5 nitrogen and oxygen atoms in total. The fourth-order valence-corrected chi connectivity index (χ4v) is 2.64. The van der Waals surface area contributed by atoms with Crippen LogP contribution in [-0.2, 0) is 12.4 Å². The van der Waals surface area contributed by atoms with Crippen molar-refractivity contribution in [2.75, 3.05) is 23.3 Å². The molecule has 1 fully saturated rings. The van der Waals surface area contributed by atoms with Crippen LogP contribution in [0.15, 0.2) is 42.5 Å². The number of urea groups is 1. The van der Waals surface area contributed by atoms with Crippen molar-refractivity contribution in [2.24, 2.45) is 0 Å². The summed E-state index contributed by atoms with van der Waals surface area (Å²) in [6.07, 6.45) is -9.08. The average Bonchev–Trinajstić information content (AvgIpc) is 2.56. The number of nitrogens with one attached hydrogen (secondary N) is 2. The summed E-state index contributed by atoms with van der Waals surface area (Å²) in [5.41, 5.74) is -1.93. The maximum absolute atomic E-state index is 12.7. The molecule has 1 aliphatic rings. The number of halogens is 6. The fourth-order valence-electron chi connectivity index (χ4n) is 2.64. The summed E-state index contributed by atoms with van der Waals surface area (Å²) in [6.45, 7) is 0.453. The first-order valence-corrected chi connectivity index (χ1v) is 8.06. The number of nitrogens with zero attached hydrogens (tertiary/aromatic N) is 2. The highest BCUT2D eigenvalue weighted by Crippen LogP contribution is 2.31. The number of carbonyl (C=O) groups is 1. The second-order valence-corrected chi connectivity index (χ2v) is 6.16. The zero-order valence-electron chi connectivity index (χ0n) is 14.1. The topological polar surface area (TPSA) is 57.3 Å². The first-order valence-electron chi connectivity index (χ1n) is 8.06. The first-order chi connectivity index (χ1) is 13.0. The van der Waals surface area contributed by atoms with Gasteiger partial charge in [0, 0.05) is 18.8 Å². The van der Waals surface area contributed by atoms with Crippen molar-refractivity contribution < 1.29 is 31.1 Å². The minimum absolute atomic E-state index is 0.0250. The maximum atomic E-state index is 12.7. The highest BCUT2D eigenvalue weighted by molar-refractivity contribution is 5.89. The number of anilines is 2. The Kier molecular flexibility index (Phi) is 5.09. The van der Waals surface area contributed by atoms with Crippen LogP contribution in [0.1, 0.15) is 11.3 Å². The number of amides is 2. The molecule has 2 aromatic rings. The molecule has 28 heavy (non-hydrogen) atoms. The van der Waals surface area contributed by atoms with Gasteiger partial charge in [0.15, 0.2) is 0 Å². The van der Waals surface area contributed by atoms with Gasteiger partial charge in [0.1, 0.15) is 11.5 Å². The molecule has 2 heterocycles. The monoisotopic (exact) mass is 404 g/mol. The molecule has 0 saturated carbocycles. The Balaban J connectivity index is 1.53. The molecular weight excluding hydrogens is 390 g/mol. The number of benzene rings is 1. The summed E-state index contributed by atoms with van der Waals surface area (Å²) < 4.78 is 76.1. The van der Waals surface area contributed by atoms with Gasteiger partial charge in [-0.1, -0.05) is 12.1 Å². The Hall–Kier alpha value is -2.98. The van der Waals surface area contributed by atoms with E-state index in [-0.39, 0.29) is 30.6 Å². The van der Waals surface area contributed by atoms with E-state index in [0.29, 0.717) is 0 Å². The molecule has 3 rings (SSSR count). The van der Waals surface area contributed by atoms with Gasteiger partial charge in [-0.3, -0.25) is 0 Å². The number of carbonyl (C=O) groups excluding carboxylic acids is 1. The normalized spacial score (nSPS) is 15.1. The van der Waals surface area contributed by atoms with E-state index in [1.54, 1.807) is 4.90 Å². The van der Waals surface area contributed by atoms with Crippen LogP contribution in [0.4, 0.5) is 42.6 Å². The van der Waals surface area contributed by atoms with E-state index in [1.807, 2.05) is 0 Å². The second-order valence-electron chi connectivity index (χ2n) is 6.16. The molecule has 11 heteroatoms. The lowest BCUT2D eigenvalue weighted by Crippen LogP contribution is -2.60. The van der Waals surface area contributed by atoms with E-state index >= 15 is 0 Å². The quantitative estimate of drug-likeness (QED) is 0.757. The molecule has 1 aromatic carbocycles. The lowest BCUT2D eigenvalue weighted by molar-refractivity contribution is -0.141. The van der Waals surface area contributed by atoms with Crippen LogP contribution in [-0.4, -0.2) is 30.1 Å². The molecule has 1 aromatic heterocycles. The average molecular weight is 404 g/mol. The molecule has 2 N–H and O–H groups in total. The predicted molar refractivity (Wildman–Crippen MR) is 88.8 cm³/mol. The predicted octanol–water partition coefficient (Wildman–Crippen LogP) is 4.13. The molecule has 1 saturated heterocycles. The summed E-state index contributed by atoms with van der Waals surface area (Å²) in [6, 6.07) is 6.62. The number of hydrogen-bond acceptors (Lipinski definition) is 3. The highest BCUT2D eigenvalue weighted by atomic mass is 19.4. The third-order valence-corrected chi connectivity index (χ3v) is 4.01. The third kappa shape index (κ3) is 4.65. The van der Waals surface area contributed by atoms with Gasteiger partial charge < -0.3 is 15.5 Å². The molecule has 0 spiro atoms. The van der Waals surface area contributed by atoms with Gasteiger partial charge >= 0.3 is 18.4 Å². The van der Waals surface area contributed by atoms with Gasteiger partial charge in [0.25, 0.3) is 0 Å². The van der Waals surface area contributed by atoms with Crippen LogP contribution in [0.3, 0.4) is 0 Å². The Morgan fingerprint density at radius 1 is 1.00 bits per heavy atom. The van der Waals surface area contributed by atoms with E-state index in [9.17, 15) is 31.1 Å². The minimum Gasteiger partial charge on any atom is -0.352 e. The molecule has 150 valence electrons. The molecule has 0 unspecified atom stereocenters. The highest BCUT2D eigenvalue weighted by Gasteiger charge is 2.35. The summed E-state index contributed by atoms with van der Waals surface area (Å²) in [5, 5.41) is 4.85. The summed E-state index contributed by atoms with van der Waals surface area (Å²) in [7, 11) is 0. The fraction of sp³-hybridized carbons (Fsp3) is 0.294. The van der Waals surface area contributed by atoms with Crippen LogP contribution in [0, 0.1) is 0 Å². The van der Waals surface area contributed by atoms with Gasteiger partial charge in [-0.15, -0.1) is 0 Å². The third-order valence-electron chi connectivity index (χ3n) is 4.01. The van der Waals surface area contributed by atoms with Crippen LogP contribution >= 0.6 is 0 Å². The van der Waals surface area contributed by atoms with E-state index in [1.165, 1.54) is 24.3 Å². The number of hydrogen-bond donors (Lipinski definition) is 2. The number of pyridine rings is 1. The summed E-state index contributed by atoms with van der Waals surface area (Å²) in [4.78, 5) is 17.0. The zero-order valence-corrected chi connectivity index (χ0v) is 14.1. The lowest BCUT2D eigenvalue weighted by atomic mass is 10.1. The standard InChI is InChI=1S/C17H14F6N4O/c18-16(19,20)10-3-1-4-11(7-10)24-15(28)25-12-8-27(9-12)14-6-2-5-13(26-14)17(21,22)23/h1-7,12H,8-9H2,(H2,24,25,28). The SMILES string of the molecule is O=C(Nc1cccc(C(F)(F)F)c1)NC1CN(c2cccc(C(F)(F)F)n2)C1. The van der Waals surface area contributed by atoms with Gasteiger partial charge in [0.2, 0.25) is 0 Å². The van der Waals surface area contributed by atoms with Crippen molar-refractivity contribution >= 4 is 17.5 Å². The van der Waals surface area contributed by atoms with Crippen LogP contribution in [0.5, 0.6) is 0 Å². The largest absolute Gasteiger partial charge is 0.433 e. The molecular formula is C17H14F6N4O. The molecule has 0 bridgehead atoms. The molecule has 0 radical (unpaired) electrons. The maximum Gasteiger partial charge on any atom is 0.433 e. The Morgan fingerprint density at radius 3 is 2.32 bits per heavy atom. The van der Waals surface area contributed by atoms with Crippen LogP contribution in [0.2, 0.25) is 0 Å². The van der Waals surface area contributed by atoms with E-state index in [4.69, 9.17) is 0 Å². The van der Waals surface area contributed by atoms with Crippen molar-refractivity contribution in [2.45, 2.75) is 18.4 Å². The summed E-state index contributed by atoms with van der Waals surface area (Å²) >= 11 is 0. The van der Waals surface area contributed by atoms with Gasteiger partial charge in [-0.05, 0) is 30.3 Å². The zero-order chi connectivity index (χ0) is 20.5. The van der Waals surface area contributed by atoms with Crippen LogP contribution < -0.4 is 15.5 Å². The number of alkyl halides is 6. The Bertz CT molecular complexity index is 861. The van der Waals surface area contributed by atoms with Crippen LogP contribution in [0.25, 0.3) is 0 Å². The molecule has 0 atom stereocenters. The van der Waals surface area contributed by atoms with Crippen molar-refractivity contribution in [3.8, 4) is 0 Å². The van der Waals surface area contributed by atoms with Crippen molar-refractivity contribution in [1.82, 2.24) is 10.3 Å². The van der Waals surface area contributed by atoms with Crippen molar-refractivity contribution in [1.29, 1.82) is 0 Å². The molecule has 1 aliphatic heterocycles. The molecule has 2 amide bonds. The van der Waals surface area contributed by atoms with E-state index < -0.39 is 29.6 Å². The van der Waals surface area contributed by atoms with E-state index in [0.717, 1.165) is 18.2 Å². The second kappa shape index (κ2) is 7.21. The van der Waals surface area contributed by atoms with Gasteiger partial charge in [0.05, 0.1) is 11.6 Å². The minimum atomic E-state index is -4.55. The summed E-state index contributed by atoms with van der Waals surface area (Å²) in [5.74, 6) is 0.131. The van der Waals surface area contributed by atoms with Crippen molar-refractivity contribution in [3.05, 3.63) is 53.7 Å². The van der Waals surface area contributed by atoms with Gasteiger partial charge in [-0.25, -0.2) is 9.78 Å². The Labute approximate surface area is 155 Å².